The minimum Gasteiger partial charge on any atom is -0.387 e. The molecule has 3 rings (SSSR count). The molecule has 1 aliphatic heterocycles. The second-order valence-corrected chi connectivity index (χ2v) is 11.4. The molecule has 0 spiro atoms. The number of aromatic nitrogens is 2. The quantitative estimate of drug-likeness (QED) is 0.229. The Kier molecular flexibility index (Phi) is 11.6. The van der Waals surface area contributed by atoms with Gasteiger partial charge >= 0.3 is 13.3 Å². The predicted molar refractivity (Wildman–Crippen MR) is 148 cm³/mol. The van der Waals surface area contributed by atoms with Crippen molar-refractivity contribution < 1.29 is 38.2 Å². The van der Waals surface area contributed by atoms with Crippen molar-refractivity contribution in [1.29, 1.82) is 0 Å². The van der Waals surface area contributed by atoms with Crippen LogP contribution in [0.3, 0.4) is 0 Å². The number of aliphatic hydroxyl groups is 2. The fourth-order valence-corrected chi connectivity index (χ4v) is 5.97. The topological polar surface area (TPSA) is 187 Å². The van der Waals surface area contributed by atoms with Crippen LogP contribution in [0.1, 0.15) is 45.4 Å². The number of rotatable bonds is 14. The number of carbonyl (C=O) groups excluding carboxylic acids is 2. The summed E-state index contributed by atoms with van der Waals surface area (Å²) in [6.07, 6.45) is -3.80. The van der Waals surface area contributed by atoms with E-state index >= 15 is 0 Å². The van der Waals surface area contributed by atoms with Gasteiger partial charge in [0.1, 0.15) is 12.2 Å². The Morgan fingerprint density at radius 2 is 1.68 bits per heavy atom. The second kappa shape index (κ2) is 14.7. The smallest absolute Gasteiger partial charge is 0.335 e. The molecule has 2 aromatic rings. The van der Waals surface area contributed by atoms with Crippen LogP contribution in [0.2, 0.25) is 0 Å². The van der Waals surface area contributed by atoms with Gasteiger partial charge in [-0.3, -0.25) is 28.1 Å². The summed E-state index contributed by atoms with van der Waals surface area (Å²) < 4.78 is 30.7. The molecule has 0 aliphatic carbocycles. The lowest BCUT2D eigenvalue weighted by Crippen LogP contribution is -2.45. The van der Waals surface area contributed by atoms with E-state index in [2.05, 4.69) is 10.6 Å². The largest absolute Gasteiger partial charge is 0.387 e. The highest BCUT2D eigenvalue weighted by Gasteiger charge is 2.47. The summed E-state index contributed by atoms with van der Waals surface area (Å²) in [4.78, 5) is 50.0. The lowest BCUT2D eigenvalue weighted by molar-refractivity contribution is -0.138. The van der Waals surface area contributed by atoms with Crippen molar-refractivity contribution in [2.24, 2.45) is 0 Å². The summed E-state index contributed by atoms with van der Waals surface area (Å²) in [6, 6.07) is 7.66. The Bertz CT molecular complexity index is 1350. The Balaban J connectivity index is 1.58. The van der Waals surface area contributed by atoms with E-state index in [1.807, 2.05) is 6.92 Å². The molecule has 1 aliphatic rings. The van der Waals surface area contributed by atoms with Gasteiger partial charge in [0.2, 0.25) is 5.91 Å². The minimum atomic E-state index is -3.28. The molecule has 1 fully saturated rings. The summed E-state index contributed by atoms with van der Waals surface area (Å²) >= 11 is 0. The molecule has 0 saturated carbocycles. The molecule has 1 aromatic carbocycles. The van der Waals surface area contributed by atoms with Crippen molar-refractivity contribution in [3.8, 4) is 0 Å². The maximum atomic E-state index is 12.8. The van der Waals surface area contributed by atoms with Crippen molar-refractivity contribution in [3.05, 3.63) is 62.9 Å². The van der Waals surface area contributed by atoms with E-state index < -0.39 is 61.7 Å². The highest BCUT2D eigenvalue weighted by Crippen LogP contribution is 2.51. The third kappa shape index (κ3) is 8.22. The molecule has 0 unspecified atom stereocenters. The molecule has 4 atom stereocenters. The molecule has 4 N–H and O–H groups in total. The number of nitrogens with one attached hydrogen (secondary N) is 2. The zero-order valence-corrected chi connectivity index (χ0v) is 24.1. The molecule has 1 saturated heterocycles. The van der Waals surface area contributed by atoms with E-state index in [0.717, 1.165) is 27.8 Å². The molecule has 14 nitrogen and oxygen atoms in total. The van der Waals surface area contributed by atoms with E-state index in [1.54, 1.807) is 38.1 Å². The van der Waals surface area contributed by atoms with Gasteiger partial charge in [-0.2, -0.15) is 0 Å². The summed E-state index contributed by atoms with van der Waals surface area (Å²) in [7, 11) is -3.28. The molecule has 2 amide bonds. The number of nitrogens with zero attached hydrogens (tertiary/aromatic N) is 2. The molecule has 41 heavy (non-hydrogen) atoms. The maximum absolute atomic E-state index is 12.8. The van der Waals surface area contributed by atoms with Gasteiger partial charge in [-0.05, 0) is 38.0 Å². The second-order valence-electron chi connectivity index (χ2n) is 9.34. The summed E-state index contributed by atoms with van der Waals surface area (Å²) in [6.45, 7) is 5.53. The molecule has 15 heteroatoms. The number of amides is 2. The van der Waals surface area contributed by atoms with Crippen LogP contribution < -0.4 is 21.9 Å². The standard InChI is InChI=1S/C26H37N4O10P/c1-4-7-13-29-20(32)12-14-30(26(29)36)25-22(34)21(33)23(40-25)24(35)27-15-19(31)28-18-10-8-17(9-11-18)16-41(37,38-5-2)39-6-3/h8-12,14,21-23,25,33-34H,4-7,13,15-16H2,1-3H3,(H,27,35)(H,28,31)/t21-,22+,23-,25+/m0/s1. The molecule has 2 heterocycles. The number of hydrogen-bond donors (Lipinski definition) is 4. The molecular formula is C26H37N4O10P. The number of unbranched alkanes of at least 4 members (excludes halogenated alkanes) is 1. The molecule has 1 aromatic heterocycles. The lowest BCUT2D eigenvalue weighted by Gasteiger charge is -2.18. The van der Waals surface area contributed by atoms with Gasteiger partial charge in [-0.15, -0.1) is 0 Å². The summed E-state index contributed by atoms with van der Waals surface area (Å²) in [5.74, 6) is -1.45. The van der Waals surface area contributed by atoms with Crippen LogP contribution in [0.25, 0.3) is 0 Å². The first-order valence-electron chi connectivity index (χ1n) is 13.4. The average molecular weight is 597 g/mol. The fourth-order valence-electron chi connectivity index (χ4n) is 4.27. The van der Waals surface area contributed by atoms with Crippen LogP contribution >= 0.6 is 7.60 Å². The summed E-state index contributed by atoms with van der Waals surface area (Å²) in [5, 5.41) is 25.9. The first kappa shape index (κ1) is 32.4. The summed E-state index contributed by atoms with van der Waals surface area (Å²) in [5.41, 5.74) is -0.159. The van der Waals surface area contributed by atoms with E-state index in [1.165, 1.54) is 0 Å². The van der Waals surface area contributed by atoms with Gasteiger partial charge in [-0.25, -0.2) is 4.79 Å². The van der Waals surface area contributed by atoms with Gasteiger partial charge in [0.15, 0.2) is 12.3 Å². The van der Waals surface area contributed by atoms with E-state index in [0.29, 0.717) is 17.7 Å². The molecule has 0 radical (unpaired) electrons. The minimum absolute atomic E-state index is 0.0709. The van der Waals surface area contributed by atoms with E-state index in [9.17, 15) is 34.0 Å². The maximum Gasteiger partial charge on any atom is 0.335 e. The van der Waals surface area contributed by atoms with Gasteiger partial charge in [0.25, 0.3) is 11.5 Å². The van der Waals surface area contributed by atoms with Crippen molar-refractivity contribution in [2.45, 2.75) is 70.9 Å². The van der Waals surface area contributed by atoms with Gasteiger partial charge < -0.3 is 34.6 Å². The average Bonchev–Trinajstić information content (AvgIpc) is 3.22. The van der Waals surface area contributed by atoms with Crippen LogP contribution in [0.4, 0.5) is 5.69 Å². The SMILES string of the molecule is CCCCn1c(=O)ccn([C@@H]2O[C@H](C(=O)NCC(=O)Nc3ccc(CP(=O)(OCC)OCC)cc3)[C@@H](O)[C@H]2O)c1=O. The third-order valence-electron chi connectivity index (χ3n) is 6.29. The number of carbonyl (C=O) groups is 2. The Labute approximate surface area is 236 Å². The Morgan fingerprint density at radius 1 is 1.02 bits per heavy atom. The van der Waals surface area contributed by atoms with Gasteiger partial charge in [0, 0.05) is 24.5 Å². The van der Waals surface area contributed by atoms with Crippen LogP contribution in [0.15, 0.2) is 46.1 Å². The van der Waals surface area contributed by atoms with Crippen LogP contribution in [-0.4, -0.2) is 69.2 Å². The number of ether oxygens (including phenoxy) is 1. The van der Waals surface area contributed by atoms with Crippen molar-refractivity contribution in [2.75, 3.05) is 25.1 Å². The van der Waals surface area contributed by atoms with Gasteiger partial charge in [-0.1, -0.05) is 25.5 Å². The fraction of sp³-hybridized carbons (Fsp3) is 0.538. The van der Waals surface area contributed by atoms with Crippen LogP contribution in [0.5, 0.6) is 0 Å². The number of hydrogen-bond acceptors (Lipinski definition) is 10. The number of benzene rings is 1. The number of aliphatic hydroxyl groups excluding tert-OH is 2. The van der Waals surface area contributed by atoms with E-state index in [-0.39, 0.29) is 25.9 Å². The highest BCUT2D eigenvalue weighted by molar-refractivity contribution is 7.53. The molecule has 226 valence electrons. The van der Waals surface area contributed by atoms with Gasteiger partial charge in [0.05, 0.1) is 25.9 Å². The zero-order chi connectivity index (χ0) is 30.2. The Hall–Kier alpha value is -3.13. The molecule has 0 bridgehead atoms. The van der Waals surface area contributed by atoms with E-state index in [4.69, 9.17) is 13.8 Å². The first-order valence-corrected chi connectivity index (χ1v) is 15.1. The zero-order valence-electron chi connectivity index (χ0n) is 23.2. The third-order valence-corrected chi connectivity index (χ3v) is 8.35. The normalized spacial score (nSPS) is 20.6. The highest BCUT2D eigenvalue weighted by atomic mass is 31.2. The lowest BCUT2D eigenvalue weighted by atomic mass is 10.1. The monoisotopic (exact) mass is 596 g/mol. The van der Waals surface area contributed by atoms with Crippen LogP contribution in [-0.2, 0) is 40.6 Å². The first-order chi connectivity index (χ1) is 19.5. The van der Waals surface area contributed by atoms with Crippen LogP contribution in [0, 0.1) is 0 Å². The predicted octanol–water partition coefficient (Wildman–Crippen LogP) is 0.950. The Morgan fingerprint density at radius 3 is 2.29 bits per heavy atom. The van der Waals surface area contributed by atoms with Crippen molar-refractivity contribution in [1.82, 2.24) is 14.5 Å². The molecular weight excluding hydrogens is 559 g/mol. The van der Waals surface area contributed by atoms with Crippen molar-refractivity contribution in [3.63, 3.8) is 0 Å². The van der Waals surface area contributed by atoms with Crippen molar-refractivity contribution >= 4 is 25.1 Å². The number of anilines is 1.